The monoisotopic (exact) mass is 500 g/mol. The molecule has 0 radical (unpaired) electrons. The molecular weight excluding hydrogens is 464 g/mol. The fourth-order valence-electron chi connectivity index (χ4n) is 6.56. The molecule has 190 valence electrons. The van der Waals surface area contributed by atoms with Gasteiger partial charge in [-0.25, -0.2) is 0 Å². The van der Waals surface area contributed by atoms with Crippen molar-refractivity contribution in [3.8, 4) is 0 Å². The van der Waals surface area contributed by atoms with Crippen molar-refractivity contribution >= 4 is 29.5 Å². The molecule has 2 unspecified atom stereocenters. The summed E-state index contributed by atoms with van der Waals surface area (Å²) in [6, 6.07) is 7.65. The van der Waals surface area contributed by atoms with Crippen LogP contribution in [0.3, 0.4) is 0 Å². The first kappa shape index (κ1) is 25.8. The Kier molecular flexibility index (Phi) is 7.34. The van der Waals surface area contributed by atoms with Gasteiger partial charge in [0.2, 0.25) is 11.8 Å². The van der Waals surface area contributed by atoms with E-state index in [4.69, 9.17) is 0 Å². The molecular formula is C27H36N2O5S. The third-order valence-electron chi connectivity index (χ3n) is 8.10. The minimum Gasteiger partial charge on any atom is -0.481 e. The minimum atomic E-state index is -0.987. The number of aliphatic hydroxyl groups is 1. The number of carbonyl (C=O) groups excluding carboxylic acids is 2. The SMILES string of the molecule is C=CCN(CCCCC)C(=O)C1N([C@H](CO)c2ccccc2)C(=O)[C@@H]2[C@H](C(=O)O)[C@]3(C)CCC12S3. The van der Waals surface area contributed by atoms with Crippen LogP contribution in [0.1, 0.15) is 57.6 Å². The van der Waals surface area contributed by atoms with E-state index in [1.165, 1.54) is 16.7 Å². The quantitative estimate of drug-likeness (QED) is 0.357. The smallest absolute Gasteiger partial charge is 0.308 e. The molecule has 1 aromatic rings. The van der Waals surface area contributed by atoms with Crippen molar-refractivity contribution in [3.05, 3.63) is 48.6 Å². The van der Waals surface area contributed by atoms with Crippen LogP contribution in [0.25, 0.3) is 0 Å². The summed E-state index contributed by atoms with van der Waals surface area (Å²) < 4.78 is -1.41. The molecule has 3 fully saturated rings. The fraction of sp³-hybridized carbons (Fsp3) is 0.593. The Morgan fingerprint density at radius 2 is 2.00 bits per heavy atom. The second-order valence-corrected chi connectivity index (χ2v) is 12.1. The summed E-state index contributed by atoms with van der Waals surface area (Å²) in [6.07, 6.45) is 5.79. The van der Waals surface area contributed by atoms with Crippen molar-refractivity contribution in [2.75, 3.05) is 19.7 Å². The summed E-state index contributed by atoms with van der Waals surface area (Å²) in [7, 11) is 0. The highest BCUT2D eigenvalue weighted by Gasteiger charge is 2.78. The standard InChI is InChI=1S/C27H36N2O5S/c1-4-6-10-16-28(15-5-2)24(32)22-27-14-13-26(3,35-27)21(25(33)34)20(27)23(31)29(22)19(17-30)18-11-8-7-9-12-18/h5,7-9,11-12,19-22,30H,2,4,6,10,13-17H2,1,3H3,(H,33,34)/t19-,20+,21-,22?,26+,27?/m1/s1. The summed E-state index contributed by atoms with van der Waals surface area (Å²) in [5, 5.41) is 20.7. The summed E-state index contributed by atoms with van der Waals surface area (Å²) in [6.45, 7) is 8.43. The Morgan fingerprint density at radius 1 is 1.29 bits per heavy atom. The molecule has 3 aliphatic rings. The van der Waals surface area contributed by atoms with Crippen LogP contribution >= 0.6 is 11.8 Å². The van der Waals surface area contributed by atoms with Gasteiger partial charge in [-0.1, -0.05) is 56.2 Å². The number of rotatable bonds is 11. The first-order chi connectivity index (χ1) is 16.8. The Morgan fingerprint density at radius 3 is 2.60 bits per heavy atom. The van der Waals surface area contributed by atoms with Gasteiger partial charge in [-0.3, -0.25) is 14.4 Å². The number of amides is 2. The molecule has 3 saturated heterocycles. The molecule has 4 rings (SSSR count). The van der Waals surface area contributed by atoms with Gasteiger partial charge in [0.05, 0.1) is 29.2 Å². The summed E-state index contributed by atoms with van der Waals surface area (Å²) in [5.41, 5.74) is 0.733. The molecule has 6 atom stereocenters. The van der Waals surface area contributed by atoms with E-state index in [0.29, 0.717) is 25.9 Å². The maximum absolute atomic E-state index is 14.3. The van der Waals surface area contributed by atoms with Crippen LogP contribution in [-0.4, -0.2) is 73.0 Å². The van der Waals surface area contributed by atoms with Gasteiger partial charge in [-0.2, -0.15) is 0 Å². The van der Waals surface area contributed by atoms with Crippen molar-refractivity contribution in [2.24, 2.45) is 11.8 Å². The number of carbonyl (C=O) groups is 3. The molecule has 1 spiro atoms. The zero-order chi connectivity index (χ0) is 25.4. The van der Waals surface area contributed by atoms with Crippen LogP contribution in [0.2, 0.25) is 0 Å². The Labute approximate surface area is 211 Å². The number of aliphatic hydroxyl groups excluding tert-OH is 1. The Bertz CT molecular complexity index is 987. The molecule has 1 aromatic carbocycles. The van der Waals surface area contributed by atoms with Crippen LogP contribution < -0.4 is 0 Å². The number of thioether (sulfide) groups is 1. The van der Waals surface area contributed by atoms with Crippen LogP contribution in [0.15, 0.2) is 43.0 Å². The predicted molar refractivity (Wildman–Crippen MR) is 136 cm³/mol. The number of carboxylic acids is 1. The number of hydrogen-bond acceptors (Lipinski definition) is 5. The second-order valence-electron chi connectivity index (χ2n) is 10.2. The lowest BCUT2D eigenvalue weighted by atomic mass is 9.66. The molecule has 0 saturated carbocycles. The van der Waals surface area contributed by atoms with Crippen LogP contribution in [0.5, 0.6) is 0 Å². The van der Waals surface area contributed by atoms with Gasteiger partial charge < -0.3 is 20.0 Å². The lowest BCUT2D eigenvalue weighted by Gasteiger charge is -2.39. The van der Waals surface area contributed by atoms with Crippen molar-refractivity contribution in [1.29, 1.82) is 0 Å². The van der Waals surface area contributed by atoms with Crippen LogP contribution in [-0.2, 0) is 14.4 Å². The van der Waals surface area contributed by atoms with E-state index in [-0.39, 0.29) is 18.4 Å². The molecule has 3 aliphatic heterocycles. The van der Waals surface area contributed by atoms with E-state index < -0.39 is 39.4 Å². The lowest BCUT2D eigenvalue weighted by molar-refractivity contribution is -0.151. The number of benzene rings is 1. The summed E-state index contributed by atoms with van der Waals surface area (Å²) in [5.74, 6) is -3.15. The van der Waals surface area contributed by atoms with Gasteiger partial charge in [-0.15, -0.1) is 18.3 Å². The van der Waals surface area contributed by atoms with Gasteiger partial charge in [0.25, 0.3) is 0 Å². The van der Waals surface area contributed by atoms with Crippen molar-refractivity contribution in [3.63, 3.8) is 0 Å². The average molecular weight is 501 g/mol. The zero-order valence-corrected chi connectivity index (χ0v) is 21.4. The minimum absolute atomic E-state index is 0.172. The van der Waals surface area contributed by atoms with E-state index in [1.54, 1.807) is 11.0 Å². The van der Waals surface area contributed by atoms with Gasteiger partial charge in [0.15, 0.2) is 0 Å². The first-order valence-electron chi connectivity index (χ1n) is 12.6. The highest BCUT2D eigenvalue weighted by atomic mass is 32.2. The molecule has 2 bridgehead atoms. The van der Waals surface area contributed by atoms with Gasteiger partial charge in [-0.05, 0) is 31.7 Å². The fourth-order valence-corrected chi connectivity index (χ4v) is 8.89. The third kappa shape index (κ3) is 4.08. The van der Waals surface area contributed by atoms with Crippen molar-refractivity contribution in [1.82, 2.24) is 9.80 Å². The third-order valence-corrected chi connectivity index (χ3v) is 10.1. The van der Waals surface area contributed by atoms with Gasteiger partial charge >= 0.3 is 5.97 Å². The first-order valence-corrected chi connectivity index (χ1v) is 13.4. The molecule has 8 heteroatoms. The molecule has 0 aliphatic carbocycles. The predicted octanol–water partition coefficient (Wildman–Crippen LogP) is 3.49. The molecule has 0 aromatic heterocycles. The van der Waals surface area contributed by atoms with Crippen molar-refractivity contribution in [2.45, 2.75) is 67.5 Å². The number of likely N-dealkylation sites (tertiary alicyclic amines) is 1. The average Bonchev–Trinajstić information content (AvgIpc) is 3.41. The van der Waals surface area contributed by atoms with Crippen LogP contribution in [0.4, 0.5) is 0 Å². The molecule has 2 amide bonds. The topological polar surface area (TPSA) is 98.2 Å². The van der Waals surface area contributed by atoms with Gasteiger partial charge in [0, 0.05) is 17.8 Å². The lowest BCUT2D eigenvalue weighted by Crippen LogP contribution is -2.55. The second kappa shape index (κ2) is 9.97. The molecule has 3 heterocycles. The normalized spacial score (nSPS) is 31.9. The number of fused-ring (bicyclic) bond motifs is 1. The molecule has 2 N–H and O–H groups in total. The summed E-state index contributed by atoms with van der Waals surface area (Å²) >= 11 is 1.52. The Balaban J connectivity index is 1.82. The maximum Gasteiger partial charge on any atom is 0.308 e. The zero-order valence-electron chi connectivity index (χ0n) is 20.6. The maximum atomic E-state index is 14.3. The molecule has 7 nitrogen and oxygen atoms in total. The number of nitrogens with zero attached hydrogens (tertiary/aromatic N) is 2. The number of hydrogen-bond donors (Lipinski definition) is 2. The van der Waals surface area contributed by atoms with E-state index in [1.807, 2.05) is 37.3 Å². The number of unbranched alkanes of at least 4 members (excludes halogenated alkanes) is 2. The van der Waals surface area contributed by atoms with E-state index >= 15 is 0 Å². The summed E-state index contributed by atoms with van der Waals surface area (Å²) in [4.78, 5) is 44.1. The highest BCUT2D eigenvalue weighted by molar-refractivity contribution is 8.02. The van der Waals surface area contributed by atoms with E-state index in [9.17, 15) is 24.6 Å². The molecule has 35 heavy (non-hydrogen) atoms. The van der Waals surface area contributed by atoms with E-state index in [0.717, 1.165) is 24.8 Å². The Hall–Kier alpha value is -2.32. The van der Waals surface area contributed by atoms with E-state index in [2.05, 4.69) is 13.5 Å². The van der Waals surface area contributed by atoms with Gasteiger partial charge in [0.1, 0.15) is 6.04 Å². The highest BCUT2D eigenvalue weighted by Crippen LogP contribution is 2.72. The number of carboxylic acid groups (broad SMARTS) is 1. The van der Waals surface area contributed by atoms with Crippen LogP contribution in [0, 0.1) is 11.8 Å². The number of aliphatic carboxylic acids is 1. The largest absolute Gasteiger partial charge is 0.481 e. The van der Waals surface area contributed by atoms with Crippen molar-refractivity contribution < 1.29 is 24.6 Å².